The maximum absolute atomic E-state index is 11.5. The van der Waals surface area contributed by atoms with E-state index in [0.29, 0.717) is 11.5 Å². The number of hydrogen-bond donors (Lipinski definition) is 4. The minimum atomic E-state index is -4.68. The highest BCUT2D eigenvalue weighted by Crippen LogP contribution is 2.29. The molecule has 0 aliphatic rings. The fourth-order valence-corrected chi connectivity index (χ4v) is 4.95. The van der Waals surface area contributed by atoms with Crippen molar-refractivity contribution in [3.05, 3.63) is 132 Å². The third kappa shape index (κ3) is 19.1. The molecule has 0 aromatic heterocycles. The molecule has 5 nitrogen and oxygen atoms in total. The van der Waals surface area contributed by atoms with E-state index in [1.165, 1.54) is 20.9 Å². The van der Waals surface area contributed by atoms with Crippen LogP contribution in [0.1, 0.15) is 11.1 Å². The Bertz CT molecular complexity index is 1340. The van der Waals surface area contributed by atoms with E-state index in [1.807, 2.05) is 59.9 Å². The standard InChI is InChI=1S/2C14H14OS.C4H2F6.HO3P/c2*15-13-6-8-14(9-7-13)16-11-10-12-4-2-1-3-5-12;5-1-4(9,10)2(6)3(7)8;1-4(2)3/h2*1-9,15H,10-11H2;1H2;(H-,1,2,3)/p+1. The van der Waals surface area contributed by atoms with E-state index in [1.54, 1.807) is 24.3 Å². The molecule has 14 heteroatoms. The van der Waals surface area contributed by atoms with Gasteiger partial charge in [-0.25, -0.2) is 4.39 Å². The molecule has 0 aliphatic heterocycles. The Labute approximate surface area is 272 Å². The van der Waals surface area contributed by atoms with Crippen LogP contribution in [0.4, 0.5) is 26.3 Å². The van der Waals surface area contributed by atoms with E-state index in [9.17, 15) is 26.3 Å². The first-order chi connectivity index (χ1) is 21.8. The second-order valence-electron chi connectivity index (χ2n) is 8.82. The highest BCUT2D eigenvalue weighted by molar-refractivity contribution is 7.99. The van der Waals surface area contributed by atoms with Gasteiger partial charge in [0.25, 0.3) is 0 Å². The predicted octanol–water partition coefficient (Wildman–Crippen LogP) is 9.75. The van der Waals surface area contributed by atoms with Crippen LogP contribution < -0.4 is 0 Å². The maximum atomic E-state index is 11.5. The summed E-state index contributed by atoms with van der Waals surface area (Å²) in [4.78, 5) is 16.6. The lowest BCUT2D eigenvalue weighted by molar-refractivity contribution is -0.0118. The number of halogens is 6. The highest BCUT2D eigenvalue weighted by Gasteiger charge is 2.39. The molecule has 0 amide bonds. The monoisotopic (exact) mass is 705 g/mol. The fraction of sp³-hybridized carbons (Fsp3) is 0.188. The average Bonchev–Trinajstić information content (AvgIpc) is 3.04. The molecule has 4 aromatic rings. The van der Waals surface area contributed by atoms with Crippen molar-refractivity contribution >= 4 is 31.8 Å². The largest absolute Gasteiger partial charge is 0.692 e. The SMILES string of the molecule is FCC(F)(F)C(F)=C(F)F.O=[P+](O)O.Oc1ccc(SCCc2ccccc2)cc1.Oc1ccc(SCCc2ccccc2)cc1. The van der Waals surface area contributed by atoms with E-state index in [2.05, 4.69) is 48.5 Å². The van der Waals surface area contributed by atoms with Gasteiger partial charge in [0.2, 0.25) is 5.83 Å². The van der Waals surface area contributed by atoms with Crippen molar-refractivity contribution in [1.82, 2.24) is 0 Å². The fourth-order valence-electron chi connectivity index (χ4n) is 3.14. The molecule has 0 saturated heterocycles. The zero-order valence-corrected chi connectivity index (χ0v) is 26.7. The van der Waals surface area contributed by atoms with E-state index >= 15 is 0 Å². The van der Waals surface area contributed by atoms with Crippen LogP contribution in [0.3, 0.4) is 0 Å². The zero-order chi connectivity index (χ0) is 34.4. The van der Waals surface area contributed by atoms with Gasteiger partial charge in [-0.2, -0.15) is 22.0 Å². The van der Waals surface area contributed by atoms with Crippen molar-refractivity contribution in [2.45, 2.75) is 28.6 Å². The van der Waals surface area contributed by atoms with Gasteiger partial charge in [-0.1, -0.05) is 60.7 Å². The van der Waals surface area contributed by atoms with Gasteiger partial charge in [-0.15, -0.1) is 33.3 Å². The Balaban J connectivity index is 0.000000335. The van der Waals surface area contributed by atoms with Crippen molar-refractivity contribution in [2.75, 3.05) is 18.2 Å². The first-order valence-corrected chi connectivity index (χ1v) is 16.4. The lowest BCUT2D eigenvalue weighted by Gasteiger charge is -2.06. The summed E-state index contributed by atoms with van der Waals surface area (Å²) in [6.07, 6.45) is -1.04. The van der Waals surface area contributed by atoms with Crippen molar-refractivity contribution in [3.63, 3.8) is 0 Å². The number of aromatic hydroxyl groups is 2. The first-order valence-electron chi connectivity index (χ1n) is 13.3. The van der Waals surface area contributed by atoms with Crippen LogP contribution in [-0.4, -0.2) is 44.1 Å². The van der Waals surface area contributed by atoms with Crippen molar-refractivity contribution in [1.29, 1.82) is 0 Å². The van der Waals surface area contributed by atoms with E-state index < -0.39 is 32.8 Å². The predicted molar refractivity (Wildman–Crippen MR) is 171 cm³/mol. The lowest BCUT2D eigenvalue weighted by Crippen LogP contribution is -2.19. The van der Waals surface area contributed by atoms with Crippen LogP contribution in [0.15, 0.2) is 131 Å². The molecule has 46 heavy (non-hydrogen) atoms. The summed E-state index contributed by atoms with van der Waals surface area (Å²) in [7, 11) is -2.87. The number of allylic oxidation sites excluding steroid dienone is 1. The van der Waals surface area contributed by atoms with E-state index in [0.717, 1.165) is 24.3 Å². The molecule has 0 spiro atoms. The third-order valence-electron chi connectivity index (χ3n) is 5.33. The molecule has 0 atom stereocenters. The van der Waals surface area contributed by atoms with E-state index in [-0.39, 0.29) is 0 Å². The Morgan fingerprint density at radius 1 is 0.630 bits per heavy atom. The summed E-state index contributed by atoms with van der Waals surface area (Å²) in [6, 6.07) is 35.7. The number of alkyl halides is 3. The van der Waals surface area contributed by atoms with Gasteiger partial charge in [-0.3, -0.25) is 0 Å². The molecule has 248 valence electrons. The second-order valence-corrected chi connectivity index (χ2v) is 11.7. The first kappa shape index (κ1) is 40.5. The lowest BCUT2D eigenvalue weighted by atomic mass is 10.2. The Morgan fingerprint density at radius 3 is 1.22 bits per heavy atom. The molecule has 0 unspecified atom stereocenters. The van der Waals surface area contributed by atoms with Crippen LogP contribution in [-0.2, 0) is 17.4 Å². The Morgan fingerprint density at radius 2 is 0.957 bits per heavy atom. The smallest absolute Gasteiger partial charge is 0.508 e. The molecule has 0 fully saturated rings. The van der Waals surface area contributed by atoms with Gasteiger partial charge < -0.3 is 10.2 Å². The van der Waals surface area contributed by atoms with Crippen molar-refractivity contribution in [2.24, 2.45) is 0 Å². The molecule has 0 saturated carbocycles. The molecule has 4 N–H and O–H groups in total. The Kier molecular flexibility index (Phi) is 20.2. The van der Waals surface area contributed by atoms with Crippen molar-refractivity contribution in [3.8, 4) is 11.5 Å². The van der Waals surface area contributed by atoms with Crippen LogP contribution >= 0.6 is 31.8 Å². The van der Waals surface area contributed by atoms with Crippen LogP contribution in [0.25, 0.3) is 0 Å². The topological polar surface area (TPSA) is 98.0 Å². The number of aryl methyl sites for hydroxylation is 2. The molecule has 0 heterocycles. The summed E-state index contributed by atoms with van der Waals surface area (Å²) < 4.78 is 76.1. The summed E-state index contributed by atoms with van der Waals surface area (Å²) in [6.45, 7) is -2.46. The quantitative estimate of drug-likeness (QED) is 0.0741. The van der Waals surface area contributed by atoms with Crippen LogP contribution in [0.5, 0.6) is 11.5 Å². The van der Waals surface area contributed by atoms with Crippen molar-refractivity contribution < 1.29 is 50.9 Å². The molecular weight excluding hydrogens is 673 g/mol. The Hall–Kier alpha value is -3.48. The van der Waals surface area contributed by atoms with Gasteiger partial charge in [0.1, 0.15) is 11.5 Å². The summed E-state index contributed by atoms with van der Waals surface area (Å²) in [5.41, 5.74) is 2.74. The average molecular weight is 706 g/mol. The minimum absolute atomic E-state index is 0.326. The van der Waals surface area contributed by atoms with Gasteiger partial charge >= 0.3 is 20.3 Å². The van der Waals surface area contributed by atoms with Gasteiger partial charge in [-0.05, 0) is 72.5 Å². The highest BCUT2D eigenvalue weighted by atomic mass is 32.2. The molecule has 4 rings (SSSR count). The zero-order valence-electron chi connectivity index (χ0n) is 24.2. The number of rotatable bonds is 10. The van der Waals surface area contributed by atoms with Gasteiger partial charge in [0.15, 0.2) is 6.67 Å². The summed E-state index contributed by atoms with van der Waals surface area (Å²) in [5, 5.41) is 18.3. The van der Waals surface area contributed by atoms with Gasteiger partial charge in [0, 0.05) is 25.9 Å². The normalized spacial score (nSPS) is 10.2. The maximum Gasteiger partial charge on any atom is 0.692 e. The van der Waals surface area contributed by atoms with Gasteiger partial charge in [0.05, 0.1) is 0 Å². The molecule has 0 radical (unpaired) electrons. The summed E-state index contributed by atoms with van der Waals surface area (Å²) >= 11 is 3.63. The molecular formula is C32H32F6O5PS2+. The number of hydrogen-bond acceptors (Lipinski definition) is 5. The second kappa shape index (κ2) is 22.9. The molecule has 4 aromatic carbocycles. The number of thioether (sulfide) groups is 2. The van der Waals surface area contributed by atoms with E-state index in [4.69, 9.17) is 24.6 Å². The third-order valence-corrected chi connectivity index (χ3v) is 7.36. The molecule has 0 bridgehead atoms. The summed E-state index contributed by atoms with van der Waals surface area (Å²) in [5.74, 6) is -4.91. The molecule has 0 aliphatic carbocycles. The number of phenols is 2. The minimum Gasteiger partial charge on any atom is -0.508 e. The van der Waals surface area contributed by atoms with Crippen LogP contribution in [0, 0.1) is 0 Å². The van der Waals surface area contributed by atoms with Crippen LogP contribution in [0.2, 0.25) is 0 Å². The number of benzene rings is 4. The number of phenolic OH excluding ortho intramolecular Hbond substituents is 2.